The van der Waals surface area contributed by atoms with Gasteiger partial charge in [0.05, 0.1) is 23.6 Å². The lowest BCUT2D eigenvalue weighted by molar-refractivity contribution is -0.122. The molecule has 0 saturated carbocycles. The molecule has 192 valence electrons. The number of methoxy groups -OCH3 is 1. The Morgan fingerprint density at radius 2 is 1.81 bits per heavy atom. The first-order valence-electron chi connectivity index (χ1n) is 11.9. The summed E-state index contributed by atoms with van der Waals surface area (Å²) in [7, 11) is 1.57. The van der Waals surface area contributed by atoms with Gasteiger partial charge in [-0.2, -0.15) is 0 Å². The first-order chi connectivity index (χ1) is 17.9. The van der Waals surface area contributed by atoms with Gasteiger partial charge in [0.15, 0.2) is 0 Å². The van der Waals surface area contributed by atoms with Gasteiger partial charge in [0, 0.05) is 45.2 Å². The van der Waals surface area contributed by atoms with E-state index in [2.05, 4.69) is 9.80 Å². The molecule has 0 radical (unpaired) electrons. The van der Waals surface area contributed by atoms with Crippen LogP contribution in [0.15, 0.2) is 52.3 Å². The Hall–Kier alpha value is -3.28. The molecule has 0 spiro atoms. The van der Waals surface area contributed by atoms with E-state index < -0.39 is 0 Å². The number of halogens is 1. The highest BCUT2D eigenvalue weighted by molar-refractivity contribution is 8.26. The molecular weight excluding hydrogens is 513 g/mol. The van der Waals surface area contributed by atoms with E-state index in [4.69, 9.17) is 21.9 Å². The Morgan fingerprint density at radius 3 is 2.51 bits per heavy atom. The van der Waals surface area contributed by atoms with Crippen LogP contribution in [0, 0.1) is 12.7 Å². The number of thiocarbonyl (C=S) groups is 1. The SMILES string of the molecule is COCCN1C(=O)/C(=C/c2c(N3CCN(c4ccc(F)cc4)CC3)nc3c(C)cccn3c2=O)SC1=S. The molecule has 0 atom stereocenters. The third-order valence-corrected chi connectivity index (χ3v) is 7.88. The van der Waals surface area contributed by atoms with Crippen LogP contribution in [-0.2, 0) is 9.53 Å². The number of carbonyl (C=O) groups excluding carboxylic acids is 1. The third kappa shape index (κ3) is 4.98. The van der Waals surface area contributed by atoms with E-state index in [1.54, 1.807) is 37.6 Å². The van der Waals surface area contributed by atoms with E-state index in [-0.39, 0.29) is 17.3 Å². The molecule has 3 aromatic rings. The molecule has 5 rings (SSSR count). The largest absolute Gasteiger partial charge is 0.383 e. The minimum atomic E-state index is -0.268. The van der Waals surface area contributed by atoms with Crippen molar-refractivity contribution < 1.29 is 13.9 Å². The summed E-state index contributed by atoms with van der Waals surface area (Å²) in [5.74, 6) is 0.0314. The third-order valence-electron chi connectivity index (χ3n) is 6.50. The van der Waals surface area contributed by atoms with E-state index in [9.17, 15) is 14.0 Å². The summed E-state index contributed by atoms with van der Waals surface area (Å²) >= 11 is 6.59. The van der Waals surface area contributed by atoms with Crippen molar-refractivity contribution in [3.05, 3.63) is 74.8 Å². The fourth-order valence-corrected chi connectivity index (χ4v) is 5.79. The number of carbonyl (C=O) groups is 1. The molecule has 37 heavy (non-hydrogen) atoms. The molecular formula is C26H26FN5O3S2. The second-order valence-electron chi connectivity index (χ2n) is 8.82. The van der Waals surface area contributed by atoms with Gasteiger partial charge in [-0.3, -0.25) is 18.9 Å². The molecule has 1 amide bonds. The van der Waals surface area contributed by atoms with Crippen molar-refractivity contribution in [3.63, 3.8) is 0 Å². The summed E-state index contributed by atoms with van der Waals surface area (Å²) in [5.41, 5.74) is 2.51. The number of rotatable bonds is 6. The van der Waals surface area contributed by atoms with Crippen LogP contribution in [0.4, 0.5) is 15.9 Å². The van der Waals surface area contributed by atoms with Crippen molar-refractivity contribution in [2.45, 2.75) is 6.92 Å². The fraction of sp³-hybridized carbons (Fsp3) is 0.308. The molecule has 0 unspecified atom stereocenters. The van der Waals surface area contributed by atoms with Crippen LogP contribution in [0.3, 0.4) is 0 Å². The number of amides is 1. The number of nitrogens with zero attached hydrogens (tertiary/aromatic N) is 5. The van der Waals surface area contributed by atoms with Crippen molar-refractivity contribution in [1.82, 2.24) is 14.3 Å². The van der Waals surface area contributed by atoms with Gasteiger partial charge in [0.25, 0.3) is 11.5 Å². The lowest BCUT2D eigenvalue weighted by Gasteiger charge is -2.37. The molecule has 0 aliphatic carbocycles. The zero-order valence-electron chi connectivity index (χ0n) is 20.5. The zero-order chi connectivity index (χ0) is 26.1. The monoisotopic (exact) mass is 539 g/mol. The Kier molecular flexibility index (Phi) is 7.27. The highest BCUT2D eigenvalue weighted by atomic mass is 32.2. The second-order valence-corrected chi connectivity index (χ2v) is 10.5. The fourth-order valence-electron chi connectivity index (χ4n) is 4.50. The van der Waals surface area contributed by atoms with Crippen LogP contribution < -0.4 is 15.4 Å². The van der Waals surface area contributed by atoms with E-state index in [1.165, 1.54) is 33.2 Å². The maximum atomic E-state index is 13.7. The topological polar surface area (TPSA) is 70.4 Å². The van der Waals surface area contributed by atoms with Crippen LogP contribution in [0.25, 0.3) is 11.7 Å². The zero-order valence-corrected chi connectivity index (χ0v) is 22.1. The van der Waals surface area contributed by atoms with Gasteiger partial charge in [-0.05, 0) is 48.9 Å². The van der Waals surface area contributed by atoms with Crippen LogP contribution >= 0.6 is 24.0 Å². The number of benzene rings is 1. The molecule has 4 heterocycles. The Bertz CT molecular complexity index is 1450. The number of pyridine rings is 1. The average Bonchev–Trinajstić information content (AvgIpc) is 3.17. The van der Waals surface area contributed by atoms with Crippen LogP contribution in [0.5, 0.6) is 0 Å². The molecule has 2 fully saturated rings. The van der Waals surface area contributed by atoms with E-state index >= 15 is 0 Å². The number of aromatic nitrogens is 2. The molecule has 0 bridgehead atoms. The summed E-state index contributed by atoms with van der Waals surface area (Å²) in [6.07, 6.45) is 3.31. The number of piperazine rings is 1. The van der Waals surface area contributed by atoms with Crippen LogP contribution in [-0.4, -0.2) is 71.0 Å². The maximum absolute atomic E-state index is 13.7. The van der Waals surface area contributed by atoms with Gasteiger partial charge in [0.1, 0.15) is 21.6 Å². The summed E-state index contributed by atoms with van der Waals surface area (Å²) < 4.78 is 20.4. The summed E-state index contributed by atoms with van der Waals surface area (Å²) in [6.45, 7) is 5.22. The Morgan fingerprint density at radius 1 is 1.11 bits per heavy atom. The van der Waals surface area contributed by atoms with Crippen molar-refractivity contribution in [2.75, 3.05) is 56.2 Å². The molecule has 2 aliphatic rings. The predicted molar refractivity (Wildman–Crippen MR) is 149 cm³/mol. The van der Waals surface area contributed by atoms with Crippen molar-refractivity contribution in [3.8, 4) is 0 Å². The lowest BCUT2D eigenvalue weighted by atomic mass is 10.2. The van der Waals surface area contributed by atoms with E-state index in [1.807, 2.05) is 13.0 Å². The molecule has 2 saturated heterocycles. The minimum Gasteiger partial charge on any atom is -0.383 e. The van der Waals surface area contributed by atoms with Crippen molar-refractivity contribution in [1.29, 1.82) is 0 Å². The Labute approximate surface area is 223 Å². The summed E-state index contributed by atoms with van der Waals surface area (Å²) in [5, 5.41) is 0. The second kappa shape index (κ2) is 10.6. The minimum absolute atomic E-state index is 0.243. The van der Waals surface area contributed by atoms with E-state index in [0.717, 1.165) is 11.3 Å². The number of ether oxygens (including phenoxy) is 1. The van der Waals surface area contributed by atoms with Gasteiger partial charge < -0.3 is 14.5 Å². The Balaban J connectivity index is 1.52. The van der Waals surface area contributed by atoms with Gasteiger partial charge in [-0.25, -0.2) is 9.37 Å². The number of anilines is 2. The van der Waals surface area contributed by atoms with Crippen molar-refractivity contribution >= 4 is 57.4 Å². The molecule has 0 N–H and O–H groups in total. The number of fused-ring (bicyclic) bond motifs is 1. The highest BCUT2D eigenvalue weighted by Gasteiger charge is 2.33. The van der Waals surface area contributed by atoms with Crippen LogP contribution in [0.1, 0.15) is 11.1 Å². The smallest absolute Gasteiger partial charge is 0.267 e. The predicted octanol–water partition coefficient (Wildman–Crippen LogP) is 3.32. The molecule has 2 aromatic heterocycles. The first-order valence-corrected chi connectivity index (χ1v) is 13.1. The number of aryl methyl sites for hydroxylation is 1. The molecule has 2 aliphatic heterocycles. The maximum Gasteiger partial charge on any atom is 0.267 e. The summed E-state index contributed by atoms with van der Waals surface area (Å²) in [6, 6.07) is 10.2. The van der Waals surface area contributed by atoms with Gasteiger partial charge in [-0.15, -0.1) is 0 Å². The van der Waals surface area contributed by atoms with Crippen molar-refractivity contribution in [2.24, 2.45) is 0 Å². The normalized spacial score (nSPS) is 17.5. The summed E-state index contributed by atoms with van der Waals surface area (Å²) in [4.78, 5) is 37.8. The van der Waals surface area contributed by atoms with Gasteiger partial charge in [-0.1, -0.05) is 30.0 Å². The first kappa shape index (κ1) is 25.4. The van der Waals surface area contributed by atoms with Gasteiger partial charge >= 0.3 is 0 Å². The van der Waals surface area contributed by atoms with Crippen LogP contribution in [0.2, 0.25) is 0 Å². The number of hydrogen-bond donors (Lipinski definition) is 0. The molecule has 1 aromatic carbocycles. The van der Waals surface area contributed by atoms with E-state index in [0.29, 0.717) is 65.6 Å². The standard InChI is InChI=1S/C26H26FN5O3S2/c1-17-4-3-9-31-22(17)28-23(30-12-10-29(11-13-30)19-7-5-18(27)6-8-19)20(24(31)33)16-21-25(34)32(14-15-35-2)26(36)37-21/h3-9,16H,10-15H2,1-2H3/b21-16-. The highest BCUT2D eigenvalue weighted by Crippen LogP contribution is 2.33. The quantitative estimate of drug-likeness (QED) is 0.349. The van der Waals surface area contributed by atoms with Gasteiger partial charge in [0.2, 0.25) is 0 Å². The molecule has 8 nitrogen and oxygen atoms in total. The molecule has 11 heteroatoms. The number of hydrogen-bond acceptors (Lipinski definition) is 8. The average molecular weight is 540 g/mol. The lowest BCUT2D eigenvalue weighted by Crippen LogP contribution is -2.47. The number of thioether (sulfide) groups is 1.